The molecule has 0 aliphatic carbocycles. The molecule has 84 valence electrons. The molecule has 1 aromatic rings. The van der Waals surface area contributed by atoms with Gasteiger partial charge in [0.1, 0.15) is 13.0 Å². The zero-order chi connectivity index (χ0) is 11.5. The number of hydrogen-bond donors (Lipinski definition) is 1. The lowest BCUT2D eigenvalue weighted by atomic mass is 10.2. The molecule has 15 heavy (non-hydrogen) atoms. The minimum absolute atomic E-state index is 0.479. The Balaban J connectivity index is 3.09. The van der Waals surface area contributed by atoms with Gasteiger partial charge in [0.25, 0.3) is 0 Å². The van der Waals surface area contributed by atoms with Crippen LogP contribution in [-0.4, -0.2) is 17.4 Å². The highest BCUT2D eigenvalue weighted by molar-refractivity contribution is 7.64. The molecule has 0 aliphatic rings. The minimum atomic E-state index is -2.55. The first-order valence-corrected chi connectivity index (χ1v) is 7.58. The van der Waals surface area contributed by atoms with Crippen molar-refractivity contribution in [3.05, 3.63) is 34.9 Å². The van der Waals surface area contributed by atoms with Crippen LogP contribution in [0.4, 0.5) is 0 Å². The summed E-state index contributed by atoms with van der Waals surface area (Å²) < 4.78 is 12.3. The summed E-state index contributed by atoms with van der Waals surface area (Å²) in [6.45, 7) is 3.68. The molecule has 0 bridgehead atoms. The summed E-state index contributed by atoms with van der Waals surface area (Å²) in [5, 5.41) is 10.6. The maximum Gasteiger partial charge on any atom is 0.133 e. The lowest BCUT2D eigenvalue weighted by Crippen LogP contribution is -2.04. The topological polar surface area (TPSA) is 37.3 Å². The van der Waals surface area contributed by atoms with E-state index in [0.29, 0.717) is 22.9 Å². The fourth-order valence-corrected chi connectivity index (χ4v) is 3.69. The maximum atomic E-state index is 12.3. The molecule has 4 heteroatoms. The molecule has 0 saturated carbocycles. The van der Waals surface area contributed by atoms with Crippen LogP contribution in [0.1, 0.15) is 25.3 Å². The standard InChI is InChI=1S/C11H16ClO2P/c1-3-15(14,4-2)11(13)9-7-5-6-8-10(9)12/h5-8,11,13H,3-4H2,1-2H3. The number of rotatable bonds is 4. The second-order valence-electron chi connectivity index (χ2n) is 3.48. The van der Waals surface area contributed by atoms with Crippen molar-refractivity contribution < 1.29 is 9.67 Å². The third kappa shape index (κ3) is 2.63. The van der Waals surface area contributed by atoms with E-state index in [1.807, 2.05) is 13.8 Å². The van der Waals surface area contributed by atoms with Crippen molar-refractivity contribution in [2.24, 2.45) is 0 Å². The second kappa shape index (κ2) is 5.16. The normalized spacial score (nSPS) is 13.9. The van der Waals surface area contributed by atoms with Gasteiger partial charge >= 0.3 is 0 Å². The highest BCUT2D eigenvalue weighted by Crippen LogP contribution is 2.57. The van der Waals surface area contributed by atoms with Gasteiger partial charge in [0, 0.05) is 22.9 Å². The van der Waals surface area contributed by atoms with Gasteiger partial charge in [-0.15, -0.1) is 0 Å². The molecule has 0 heterocycles. The first kappa shape index (κ1) is 12.8. The smallest absolute Gasteiger partial charge is 0.133 e. The van der Waals surface area contributed by atoms with E-state index in [2.05, 4.69) is 0 Å². The predicted octanol–water partition coefficient (Wildman–Crippen LogP) is 3.73. The molecule has 0 spiro atoms. The fraction of sp³-hybridized carbons (Fsp3) is 0.455. The number of halogens is 1. The third-order valence-electron chi connectivity index (χ3n) is 2.70. The molecule has 0 amide bonds. The van der Waals surface area contributed by atoms with Gasteiger partial charge in [0.2, 0.25) is 0 Å². The van der Waals surface area contributed by atoms with Crippen LogP contribution >= 0.6 is 18.7 Å². The first-order chi connectivity index (χ1) is 7.05. The Bertz CT molecular complexity index is 371. The van der Waals surface area contributed by atoms with Crippen molar-refractivity contribution in [3.8, 4) is 0 Å². The summed E-state index contributed by atoms with van der Waals surface area (Å²) in [4.78, 5) is 0. The highest BCUT2D eigenvalue weighted by Gasteiger charge is 2.30. The predicted molar refractivity (Wildman–Crippen MR) is 65.1 cm³/mol. The Morgan fingerprint density at radius 2 is 1.87 bits per heavy atom. The van der Waals surface area contributed by atoms with Crippen LogP contribution in [0, 0.1) is 0 Å². The van der Waals surface area contributed by atoms with Crippen LogP contribution < -0.4 is 0 Å². The van der Waals surface area contributed by atoms with Crippen molar-refractivity contribution in [1.82, 2.24) is 0 Å². The van der Waals surface area contributed by atoms with Gasteiger partial charge in [-0.25, -0.2) is 0 Å². The Morgan fingerprint density at radius 1 is 1.33 bits per heavy atom. The lowest BCUT2D eigenvalue weighted by Gasteiger charge is -2.22. The molecule has 0 radical (unpaired) electrons. The largest absolute Gasteiger partial charge is 0.381 e. The Hall–Kier alpha value is -0.300. The highest BCUT2D eigenvalue weighted by atomic mass is 35.5. The van der Waals surface area contributed by atoms with Crippen molar-refractivity contribution in [3.63, 3.8) is 0 Å². The molecule has 1 rings (SSSR count). The Morgan fingerprint density at radius 3 is 2.33 bits per heavy atom. The summed E-state index contributed by atoms with van der Waals surface area (Å²) in [6, 6.07) is 7.02. The van der Waals surface area contributed by atoms with Crippen LogP contribution in [0.3, 0.4) is 0 Å². The maximum absolute atomic E-state index is 12.3. The summed E-state index contributed by atoms with van der Waals surface area (Å²) >= 11 is 5.96. The Kier molecular flexibility index (Phi) is 4.39. The number of benzene rings is 1. The van der Waals surface area contributed by atoms with Crippen LogP contribution in [0.15, 0.2) is 24.3 Å². The van der Waals surface area contributed by atoms with E-state index >= 15 is 0 Å². The van der Waals surface area contributed by atoms with Gasteiger partial charge < -0.3 is 9.67 Å². The van der Waals surface area contributed by atoms with E-state index in [-0.39, 0.29) is 0 Å². The van der Waals surface area contributed by atoms with Gasteiger partial charge in [-0.2, -0.15) is 0 Å². The SMILES string of the molecule is CCP(=O)(CC)C(O)c1ccccc1Cl. The molecule has 0 aliphatic heterocycles. The molecule has 2 nitrogen and oxygen atoms in total. The van der Waals surface area contributed by atoms with Gasteiger partial charge in [-0.1, -0.05) is 43.6 Å². The van der Waals surface area contributed by atoms with Crippen LogP contribution in [0.25, 0.3) is 0 Å². The summed E-state index contributed by atoms with van der Waals surface area (Å²) in [5.74, 6) is -0.929. The van der Waals surface area contributed by atoms with Crippen molar-refractivity contribution in [1.29, 1.82) is 0 Å². The molecule has 1 unspecified atom stereocenters. The lowest BCUT2D eigenvalue weighted by molar-refractivity contribution is 0.253. The van der Waals surface area contributed by atoms with E-state index < -0.39 is 13.0 Å². The van der Waals surface area contributed by atoms with E-state index in [4.69, 9.17) is 11.6 Å². The molecule has 1 N–H and O–H groups in total. The average molecular weight is 247 g/mol. The molecule has 0 fully saturated rings. The van der Waals surface area contributed by atoms with E-state index in [9.17, 15) is 9.67 Å². The van der Waals surface area contributed by atoms with Gasteiger partial charge in [0.05, 0.1) is 0 Å². The monoisotopic (exact) mass is 246 g/mol. The zero-order valence-corrected chi connectivity index (χ0v) is 10.6. The molecule has 1 aromatic carbocycles. The first-order valence-electron chi connectivity index (χ1n) is 5.05. The van der Waals surface area contributed by atoms with Gasteiger partial charge in [0.15, 0.2) is 0 Å². The van der Waals surface area contributed by atoms with E-state index in [1.54, 1.807) is 24.3 Å². The van der Waals surface area contributed by atoms with E-state index in [1.165, 1.54) is 0 Å². The summed E-state index contributed by atoms with van der Waals surface area (Å²) in [6.07, 6.45) is 0.992. The number of aliphatic hydroxyl groups is 1. The second-order valence-corrected chi connectivity index (χ2v) is 7.55. The molecular formula is C11H16ClO2P. The Labute approximate surface area is 95.6 Å². The van der Waals surface area contributed by atoms with Crippen LogP contribution in [0.2, 0.25) is 5.02 Å². The number of aliphatic hydroxyl groups excluding tert-OH is 1. The number of hydrogen-bond acceptors (Lipinski definition) is 2. The molecule has 1 atom stereocenters. The quantitative estimate of drug-likeness (QED) is 0.822. The zero-order valence-electron chi connectivity index (χ0n) is 8.98. The van der Waals surface area contributed by atoms with Crippen LogP contribution in [-0.2, 0) is 4.57 Å². The molecular weight excluding hydrogens is 231 g/mol. The summed E-state index contributed by atoms with van der Waals surface area (Å²) in [7, 11) is -2.55. The van der Waals surface area contributed by atoms with Gasteiger partial charge in [-0.05, 0) is 6.07 Å². The minimum Gasteiger partial charge on any atom is -0.381 e. The van der Waals surface area contributed by atoms with E-state index in [0.717, 1.165) is 0 Å². The molecule has 0 saturated heterocycles. The molecule has 0 aromatic heterocycles. The average Bonchev–Trinajstić information content (AvgIpc) is 2.28. The van der Waals surface area contributed by atoms with Gasteiger partial charge in [-0.3, -0.25) is 0 Å². The van der Waals surface area contributed by atoms with Crippen molar-refractivity contribution in [2.75, 3.05) is 12.3 Å². The van der Waals surface area contributed by atoms with Crippen molar-refractivity contribution in [2.45, 2.75) is 19.7 Å². The summed E-state index contributed by atoms with van der Waals surface area (Å²) in [5.41, 5.74) is 0.575. The van der Waals surface area contributed by atoms with Crippen LogP contribution in [0.5, 0.6) is 0 Å². The fourth-order valence-electron chi connectivity index (χ4n) is 1.51. The van der Waals surface area contributed by atoms with Crippen molar-refractivity contribution >= 4 is 18.7 Å². The third-order valence-corrected chi connectivity index (χ3v) is 6.35.